The van der Waals surface area contributed by atoms with Crippen LogP contribution in [0.25, 0.3) is 27.8 Å². The molecule has 1 fully saturated rings. The van der Waals surface area contributed by atoms with Crippen molar-refractivity contribution in [3.8, 4) is 17.5 Å². The van der Waals surface area contributed by atoms with Gasteiger partial charge in [0.05, 0.1) is 36.3 Å². The van der Waals surface area contributed by atoms with Gasteiger partial charge in [0.15, 0.2) is 17.2 Å². The largest absolute Gasteiger partial charge is 0.494 e. The molecule has 4 aromatic rings. The van der Waals surface area contributed by atoms with E-state index in [-0.39, 0.29) is 24.0 Å². The van der Waals surface area contributed by atoms with Gasteiger partial charge >= 0.3 is 5.97 Å². The average Bonchev–Trinajstić information content (AvgIpc) is 3.45. The second-order valence-corrected chi connectivity index (χ2v) is 10.2. The zero-order valence-corrected chi connectivity index (χ0v) is 20.5. The number of carboxylic acids is 1. The van der Waals surface area contributed by atoms with E-state index in [1.54, 1.807) is 18.3 Å². The number of hydrogen-bond donors (Lipinski definition) is 2. The van der Waals surface area contributed by atoms with Crippen LogP contribution in [0.4, 0.5) is 4.39 Å². The van der Waals surface area contributed by atoms with Gasteiger partial charge in [-0.2, -0.15) is 10.4 Å². The standard InChI is InChI=1S/C27H28FN5O3/c1-27(2,10-11-29)24-22(15-4-6-16(7-5-15)26(34)35)23-20(12-17-14-30-32-25(17)31-23)33(24)18-8-9-19(28)21(13-18)36-3/h8-9,12-16H,4-7,10H2,1-3H3,(H,34,35)(H,30,31,32)/t15-,16-. The summed E-state index contributed by atoms with van der Waals surface area (Å²) in [5, 5.41) is 27.2. The Balaban J connectivity index is 1.84. The van der Waals surface area contributed by atoms with Crippen molar-refractivity contribution in [3.63, 3.8) is 0 Å². The number of nitrogens with zero attached hydrogens (tertiary/aromatic N) is 4. The van der Waals surface area contributed by atoms with Crippen molar-refractivity contribution in [3.05, 3.63) is 47.5 Å². The van der Waals surface area contributed by atoms with Crippen LogP contribution in [-0.2, 0) is 10.2 Å². The molecule has 5 rings (SSSR count). The van der Waals surface area contributed by atoms with E-state index in [1.807, 2.05) is 19.9 Å². The predicted molar refractivity (Wildman–Crippen MR) is 133 cm³/mol. The first-order valence-corrected chi connectivity index (χ1v) is 12.1. The summed E-state index contributed by atoms with van der Waals surface area (Å²) in [4.78, 5) is 16.6. The lowest BCUT2D eigenvalue weighted by atomic mass is 9.74. The number of carbonyl (C=O) groups is 1. The van der Waals surface area contributed by atoms with E-state index in [0.29, 0.717) is 37.0 Å². The Bertz CT molecular complexity index is 1510. The first kappa shape index (κ1) is 23.8. The van der Waals surface area contributed by atoms with Crippen molar-refractivity contribution >= 4 is 28.0 Å². The zero-order valence-electron chi connectivity index (χ0n) is 20.5. The molecule has 0 amide bonds. The lowest BCUT2D eigenvalue weighted by Gasteiger charge is -2.31. The lowest BCUT2D eigenvalue weighted by Crippen LogP contribution is -2.26. The molecule has 0 radical (unpaired) electrons. The molecule has 0 atom stereocenters. The van der Waals surface area contributed by atoms with Crippen LogP contribution >= 0.6 is 0 Å². The van der Waals surface area contributed by atoms with Gasteiger partial charge < -0.3 is 14.4 Å². The smallest absolute Gasteiger partial charge is 0.306 e. The summed E-state index contributed by atoms with van der Waals surface area (Å²) in [6.07, 6.45) is 4.56. The highest BCUT2D eigenvalue weighted by Crippen LogP contribution is 2.47. The minimum atomic E-state index is -0.753. The van der Waals surface area contributed by atoms with E-state index >= 15 is 0 Å². The number of aromatic amines is 1. The molecular formula is C27H28FN5O3. The molecule has 0 saturated heterocycles. The summed E-state index contributed by atoms with van der Waals surface area (Å²) in [6.45, 7) is 4.06. The molecule has 0 unspecified atom stereocenters. The highest BCUT2D eigenvalue weighted by Gasteiger charge is 2.37. The maximum atomic E-state index is 14.4. The van der Waals surface area contributed by atoms with E-state index in [4.69, 9.17) is 9.72 Å². The number of halogens is 1. The van der Waals surface area contributed by atoms with Gasteiger partial charge in [-0.1, -0.05) is 13.8 Å². The van der Waals surface area contributed by atoms with Gasteiger partial charge in [-0.05, 0) is 49.8 Å². The van der Waals surface area contributed by atoms with Gasteiger partial charge in [-0.3, -0.25) is 9.89 Å². The van der Waals surface area contributed by atoms with Gasteiger partial charge in [0, 0.05) is 40.2 Å². The first-order chi connectivity index (χ1) is 17.2. The molecule has 1 aromatic carbocycles. The number of carboxylic acid groups (broad SMARTS) is 1. The Labute approximate surface area is 207 Å². The number of fused-ring (bicyclic) bond motifs is 2. The van der Waals surface area contributed by atoms with Gasteiger partial charge in [0.2, 0.25) is 0 Å². The van der Waals surface area contributed by atoms with Crippen molar-refractivity contribution in [1.82, 2.24) is 19.7 Å². The molecular weight excluding hydrogens is 461 g/mol. The SMILES string of the molecule is COc1cc(-n2c(C(C)(C)CC#N)c([C@H]3CC[C@H](C(=O)O)CC3)c3nc4[nH]ncc4cc32)ccc1F. The van der Waals surface area contributed by atoms with Crippen LogP contribution in [0.1, 0.15) is 63.1 Å². The minimum absolute atomic E-state index is 0.0764. The average molecular weight is 490 g/mol. The molecule has 9 heteroatoms. The Hall–Kier alpha value is -3.93. The Morgan fingerprint density at radius 2 is 2.06 bits per heavy atom. The quantitative estimate of drug-likeness (QED) is 0.364. The molecule has 0 spiro atoms. The van der Waals surface area contributed by atoms with Crippen molar-refractivity contribution in [2.24, 2.45) is 5.92 Å². The van der Waals surface area contributed by atoms with Crippen molar-refractivity contribution in [2.75, 3.05) is 7.11 Å². The van der Waals surface area contributed by atoms with Gasteiger partial charge in [-0.15, -0.1) is 0 Å². The maximum Gasteiger partial charge on any atom is 0.306 e. The summed E-state index contributed by atoms with van der Waals surface area (Å²) < 4.78 is 21.7. The number of nitriles is 1. The van der Waals surface area contributed by atoms with Crippen molar-refractivity contribution in [2.45, 2.75) is 57.3 Å². The minimum Gasteiger partial charge on any atom is -0.494 e. The Morgan fingerprint density at radius 1 is 1.31 bits per heavy atom. The summed E-state index contributed by atoms with van der Waals surface area (Å²) in [7, 11) is 1.43. The van der Waals surface area contributed by atoms with Gasteiger partial charge in [0.1, 0.15) is 0 Å². The molecule has 2 N–H and O–H groups in total. The normalized spacial score (nSPS) is 18.4. The van der Waals surface area contributed by atoms with Crippen LogP contribution < -0.4 is 4.74 Å². The van der Waals surface area contributed by atoms with Crippen LogP contribution in [0.15, 0.2) is 30.5 Å². The zero-order chi connectivity index (χ0) is 25.6. The molecule has 3 heterocycles. The molecule has 1 aliphatic carbocycles. The third kappa shape index (κ3) is 3.87. The number of aromatic nitrogens is 4. The summed E-state index contributed by atoms with van der Waals surface area (Å²) in [5.74, 6) is -1.36. The van der Waals surface area contributed by atoms with Crippen LogP contribution in [0.5, 0.6) is 5.75 Å². The maximum absolute atomic E-state index is 14.4. The van der Waals surface area contributed by atoms with Crippen LogP contribution in [-0.4, -0.2) is 37.9 Å². The molecule has 1 aliphatic rings. The van der Waals surface area contributed by atoms with E-state index in [2.05, 4.69) is 20.8 Å². The van der Waals surface area contributed by atoms with Crippen molar-refractivity contribution in [1.29, 1.82) is 5.26 Å². The molecule has 1 saturated carbocycles. The fraction of sp³-hybridized carbons (Fsp3) is 0.407. The topological polar surface area (TPSA) is 117 Å². The van der Waals surface area contributed by atoms with E-state index in [9.17, 15) is 19.6 Å². The number of ether oxygens (including phenoxy) is 1. The van der Waals surface area contributed by atoms with E-state index in [1.165, 1.54) is 13.2 Å². The highest BCUT2D eigenvalue weighted by molar-refractivity contribution is 5.94. The molecule has 0 bridgehead atoms. The lowest BCUT2D eigenvalue weighted by molar-refractivity contribution is -0.142. The first-order valence-electron chi connectivity index (χ1n) is 12.1. The summed E-state index contributed by atoms with van der Waals surface area (Å²) in [5.41, 5.74) is 4.36. The van der Waals surface area contributed by atoms with E-state index < -0.39 is 17.2 Å². The van der Waals surface area contributed by atoms with Gasteiger partial charge in [-0.25, -0.2) is 9.37 Å². The van der Waals surface area contributed by atoms with Crippen molar-refractivity contribution < 1.29 is 19.0 Å². The van der Waals surface area contributed by atoms with Crippen LogP contribution in [0.2, 0.25) is 0 Å². The fourth-order valence-electron chi connectivity index (χ4n) is 5.61. The third-order valence-electron chi connectivity index (χ3n) is 7.42. The summed E-state index contributed by atoms with van der Waals surface area (Å²) >= 11 is 0. The number of rotatable bonds is 6. The number of pyridine rings is 1. The Morgan fingerprint density at radius 3 is 2.72 bits per heavy atom. The molecule has 0 aliphatic heterocycles. The molecule has 186 valence electrons. The molecule has 8 nitrogen and oxygen atoms in total. The van der Waals surface area contributed by atoms with E-state index in [0.717, 1.165) is 27.7 Å². The van der Waals surface area contributed by atoms with Crippen LogP contribution in [0.3, 0.4) is 0 Å². The number of methoxy groups -OCH3 is 1. The highest BCUT2D eigenvalue weighted by atomic mass is 19.1. The summed E-state index contributed by atoms with van der Waals surface area (Å²) in [6, 6.07) is 9.08. The third-order valence-corrected chi connectivity index (χ3v) is 7.42. The van der Waals surface area contributed by atoms with Crippen LogP contribution in [0, 0.1) is 23.1 Å². The molecule has 36 heavy (non-hydrogen) atoms. The number of aliphatic carboxylic acids is 1. The second-order valence-electron chi connectivity index (χ2n) is 10.2. The predicted octanol–water partition coefficient (Wildman–Crippen LogP) is 5.60. The number of nitrogens with one attached hydrogen (secondary N) is 1. The number of hydrogen-bond acceptors (Lipinski definition) is 5. The second kappa shape index (κ2) is 8.94. The monoisotopic (exact) mass is 489 g/mol. The van der Waals surface area contributed by atoms with Gasteiger partial charge in [0.25, 0.3) is 0 Å². The number of benzene rings is 1. The molecule has 3 aromatic heterocycles. The Kier molecular flexibility index (Phi) is 5.91. The fourth-order valence-corrected chi connectivity index (χ4v) is 5.61. The number of H-pyrrole nitrogens is 1.